The minimum Gasteiger partial charge on any atom is -0.493 e. The number of halogens is 1. The minimum atomic E-state index is -0.322. The van der Waals surface area contributed by atoms with Crippen molar-refractivity contribution in [1.82, 2.24) is 0 Å². The van der Waals surface area contributed by atoms with Gasteiger partial charge in [-0.05, 0) is 43.3 Å². The zero-order valence-corrected chi connectivity index (χ0v) is 13.5. The van der Waals surface area contributed by atoms with Gasteiger partial charge in [-0.3, -0.25) is 4.79 Å². The molecule has 0 aromatic heterocycles. The number of carbonyl (C=O) groups is 1. The van der Waals surface area contributed by atoms with Gasteiger partial charge in [0.25, 0.3) is 5.91 Å². The third kappa shape index (κ3) is 3.93. The number of hydrogen-bond acceptors (Lipinski definition) is 4. The van der Waals surface area contributed by atoms with E-state index in [0.717, 1.165) is 0 Å². The maximum Gasteiger partial charge on any atom is 0.255 e. The molecule has 1 N–H and O–H groups in total. The topological polar surface area (TPSA) is 71.3 Å². The zero-order chi connectivity index (χ0) is 16.8. The van der Waals surface area contributed by atoms with Crippen LogP contribution >= 0.6 is 11.6 Å². The molecule has 0 heterocycles. The Morgan fingerprint density at radius 2 is 2.04 bits per heavy atom. The zero-order valence-electron chi connectivity index (χ0n) is 12.7. The van der Waals surface area contributed by atoms with E-state index in [0.29, 0.717) is 39.9 Å². The summed E-state index contributed by atoms with van der Waals surface area (Å²) in [6, 6.07) is 11.6. The molecule has 1 amide bonds. The van der Waals surface area contributed by atoms with Crippen molar-refractivity contribution in [2.75, 3.05) is 19.0 Å². The van der Waals surface area contributed by atoms with Crippen LogP contribution in [0.5, 0.6) is 11.5 Å². The Morgan fingerprint density at radius 3 is 2.70 bits per heavy atom. The lowest BCUT2D eigenvalue weighted by Crippen LogP contribution is -2.12. The summed E-state index contributed by atoms with van der Waals surface area (Å²) in [5, 5.41) is 12.0. The highest BCUT2D eigenvalue weighted by Crippen LogP contribution is 2.28. The lowest BCUT2D eigenvalue weighted by molar-refractivity contribution is 0.102. The van der Waals surface area contributed by atoms with Gasteiger partial charge in [-0.1, -0.05) is 11.6 Å². The summed E-state index contributed by atoms with van der Waals surface area (Å²) in [5.74, 6) is 0.732. The Bertz CT molecular complexity index is 769. The molecule has 118 valence electrons. The fourth-order valence-corrected chi connectivity index (χ4v) is 2.14. The van der Waals surface area contributed by atoms with E-state index < -0.39 is 0 Å². The first-order chi connectivity index (χ1) is 11.1. The Balaban J connectivity index is 2.22. The van der Waals surface area contributed by atoms with Gasteiger partial charge in [0.05, 0.1) is 24.3 Å². The predicted molar refractivity (Wildman–Crippen MR) is 88.3 cm³/mol. The summed E-state index contributed by atoms with van der Waals surface area (Å²) in [7, 11) is 1.51. The van der Waals surface area contributed by atoms with E-state index in [1.807, 2.05) is 13.0 Å². The van der Waals surface area contributed by atoms with Crippen LogP contribution in [0.15, 0.2) is 36.4 Å². The van der Waals surface area contributed by atoms with Crippen molar-refractivity contribution in [3.05, 3.63) is 52.5 Å². The molecule has 0 aliphatic carbocycles. The Kier molecular flexibility index (Phi) is 5.45. The summed E-state index contributed by atoms with van der Waals surface area (Å²) in [4.78, 5) is 12.3. The van der Waals surface area contributed by atoms with Crippen LogP contribution in [0.2, 0.25) is 5.02 Å². The highest BCUT2D eigenvalue weighted by Gasteiger charge is 2.12. The number of benzene rings is 2. The summed E-state index contributed by atoms with van der Waals surface area (Å²) in [6.07, 6.45) is 0. The van der Waals surface area contributed by atoms with Gasteiger partial charge < -0.3 is 14.8 Å². The molecule has 2 aromatic rings. The highest BCUT2D eigenvalue weighted by molar-refractivity contribution is 6.31. The van der Waals surface area contributed by atoms with E-state index in [2.05, 4.69) is 5.32 Å². The largest absolute Gasteiger partial charge is 0.493 e. The van der Waals surface area contributed by atoms with Crippen LogP contribution in [0.25, 0.3) is 0 Å². The van der Waals surface area contributed by atoms with Gasteiger partial charge in [-0.15, -0.1) is 0 Å². The van der Waals surface area contributed by atoms with Crippen LogP contribution in [-0.4, -0.2) is 19.6 Å². The van der Waals surface area contributed by atoms with Gasteiger partial charge in [0, 0.05) is 11.3 Å². The molecular formula is C17H15ClN2O3. The van der Waals surface area contributed by atoms with Crippen LogP contribution < -0.4 is 14.8 Å². The van der Waals surface area contributed by atoms with Crippen molar-refractivity contribution in [3.8, 4) is 17.6 Å². The number of carbonyl (C=O) groups excluding carboxylic acids is 1. The smallest absolute Gasteiger partial charge is 0.255 e. The van der Waals surface area contributed by atoms with Gasteiger partial charge in [0.1, 0.15) is 6.07 Å². The van der Waals surface area contributed by atoms with E-state index >= 15 is 0 Å². The number of nitrogens with zero attached hydrogens (tertiary/aromatic N) is 1. The van der Waals surface area contributed by atoms with Crippen molar-refractivity contribution < 1.29 is 14.3 Å². The molecule has 0 aliphatic rings. The molecule has 6 heteroatoms. The fourth-order valence-electron chi connectivity index (χ4n) is 1.98. The lowest BCUT2D eigenvalue weighted by atomic mass is 10.1. The first-order valence-corrected chi connectivity index (χ1v) is 7.28. The molecule has 0 radical (unpaired) electrons. The minimum absolute atomic E-state index is 0.300. The van der Waals surface area contributed by atoms with Gasteiger partial charge in [-0.2, -0.15) is 5.26 Å². The standard InChI is InChI=1S/C17H15ClN2O3/c1-3-23-15-7-4-11(9-16(15)22-2)17(21)20-13-5-6-14(18)12(8-13)10-19/h4-9H,3H2,1-2H3,(H,20,21). The molecule has 2 aromatic carbocycles. The molecule has 0 unspecified atom stereocenters. The van der Waals surface area contributed by atoms with E-state index in [1.165, 1.54) is 13.2 Å². The molecule has 0 atom stereocenters. The van der Waals surface area contributed by atoms with Crippen LogP contribution in [0.3, 0.4) is 0 Å². The molecule has 5 nitrogen and oxygen atoms in total. The van der Waals surface area contributed by atoms with Crippen molar-refractivity contribution in [2.24, 2.45) is 0 Å². The lowest BCUT2D eigenvalue weighted by Gasteiger charge is -2.11. The summed E-state index contributed by atoms with van der Waals surface area (Å²) in [6.45, 7) is 2.37. The highest BCUT2D eigenvalue weighted by atomic mass is 35.5. The number of hydrogen-bond donors (Lipinski definition) is 1. The van der Waals surface area contributed by atoms with Crippen LogP contribution in [0.4, 0.5) is 5.69 Å². The monoisotopic (exact) mass is 330 g/mol. The average Bonchev–Trinajstić information content (AvgIpc) is 2.57. The third-order valence-corrected chi connectivity index (χ3v) is 3.40. The molecule has 0 fully saturated rings. The SMILES string of the molecule is CCOc1ccc(C(=O)Nc2ccc(Cl)c(C#N)c2)cc1OC. The molecule has 0 saturated carbocycles. The molecule has 0 saturated heterocycles. The first kappa shape index (κ1) is 16.7. The second-order valence-corrected chi connectivity index (χ2v) is 4.97. The van der Waals surface area contributed by atoms with Gasteiger partial charge in [0.15, 0.2) is 11.5 Å². The van der Waals surface area contributed by atoms with Crippen LogP contribution in [0, 0.1) is 11.3 Å². The number of ether oxygens (including phenoxy) is 2. The normalized spacial score (nSPS) is 9.83. The quantitative estimate of drug-likeness (QED) is 0.903. The number of nitrogens with one attached hydrogen (secondary N) is 1. The molecule has 0 spiro atoms. The summed E-state index contributed by atoms with van der Waals surface area (Å²) < 4.78 is 10.6. The van der Waals surface area contributed by atoms with E-state index in [9.17, 15) is 4.79 Å². The number of methoxy groups -OCH3 is 1. The number of anilines is 1. The van der Waals surface area contributed by atoms with E-state index in [-0.39, 0.29) is 5.91 Å². The molecule has 0 bridgehead atoms. The Hall–Kier alpha value is -2.71. The van der Waals surface area contributed by atoms with E-state index in [1.54, 1.807) is 30.3 Å². The molecule has 2 rings (SSSR count). The predicted octanol–water partition coefficient (Wildman–Crippen LogP) is 3.87. The van der Waals surface area contributed by atoms with Crippen LogP contribution in [-0.2, 0) is 0 Å². The molecule has 23 heavy (non-hydrogen) atoms. The second-order valence-electron chi connectivity index (χ2n) is 4.56. The van der Waals surface area contributed by atoms with E-state index in [4.69, 9.17) is 26.3 Å². The second kappa shape index (κ2) is 7.52. The van der Waals surface area contributed by atoms with Crippen molar-refractivity contribution in [1.29, 1.82) is 5.26 Å². The van der Waals surface area contributed by atoms with Crippen molar-refractivity contribution in [3.63, 3.8) is 0 Å². The Morgan fingerprint density at radius 1 is 1.26 bits per heavy atom. The molecule has 0 aliphatic heterocycles. The molecular weight excluding hydrogens is 316 g/mol. The van der Waals surface area contributed by atoms with Crippen molar-refractivity contribution >= 4 is 23.2 Å². The number of rotatable bonds is 5. The van der Waals surface area contributed by atoms with Gasteiger partial charge in [0.2, 0.25) is 0 Å². The maximum atomic E-state index is 12.3. The van der Waals surface area contributed by atoms with Gasteiger partial charge in [-0.25, -0.2) is 0 Å². The Labute approximate surface area is 139 Å². The summed E-state index contributed by atoms with van der Waals surface area (Å²) in [5.41, 5.74) is 1.20. The average molecular weight is 331 g/mol. The summed E-state index contributed by atoms with van der Waals surface area (Å²) >= 11 is 5.87. The maximum absolute atomic E-state index is 12.3. The first-order valence-electron chi connectivity index (χ1n) is 6.91. The van der Waals surface area contributed by atoms with Crippen molar-refractivity contribution in [2.45, 2.75) is 6.92 Å². The van der Waals surface area contributed by atoms with Crippen LogP contribution in [0.1, 0.15) is 22.8 Å². The third-order valence-electron chi connectivity index (χ3n) is 3.07. The van der Waals surface area contributed by atoms with Gasteiger partial charge >= 0.3 is 0 Å². The number of amides is 1. The number of nitriles is 1. The fraction of sp³-hybridized carbons (Fsp3) is 0.176.